The molecule has 4 nitrogen and oxygen atoms in total. The molecule has 120 valence electrons. The molecule has 0 saturated heterocycles. The second kappa shape index (κ2) is 7.13. The molecule has 23 heavy (non-hydrogen) atoms. The molecule has 0 amide bonds. The molecule has 3 N–H and O–H groups in total. The average molecular weight is 313 g/mol. The van der Waals surface area contributed by atoms with E-state index in [4.69, 9.17) is 10.5 Å². The van der Waals surface area contributed by atoms with Gasteiger partial charge in [0.2, 0.25) is 0 Å². The summed E-state index contributed by atoms with van der Waals surface area (Å²) >= 11 is 0. The maximum Gasteiger partial charge on any atom is 0.193 e. The Morgan fingerprint density at radius 3 is 2.91 bits per heavy atom. The van der Waals surface area contributed by atoms with E-state index in [0.29, 0.717) is 24.9 Å². The van der Waals surface area contributed by atoms with Crippen LogP contribution in [0.1, 0.15) is 17.5 Å². The number of anilines is 1. The van der Waals surface area contributed by atoms with Gasteiger partial charge in [0.05, 0.1) is 6.54 Å². The molecule has 0 spiro atoms. The minimum atomic E-state index is -0.316. The van der Waals surface area contributed by atoms with Crippen molar-refractivity contribution in [3.05, 3.63) is 59.4 Å². The predicted molar refractivity (Wildman–Crippen MR) is 90.5 cm³/mol. The molecule has 0 atom stereocenters. The van der Waals surface area contributed by atoms with Crippen LogP contribution in [0.15, 0.2) is 47.5 Å². The van der Waals surface area contributed by atoms with Crippen LogP contribution in [0.5, 0.6) is 5.75 Å². The smallest absolute Gasteiger partial charge is 0.193 e. The number of aliphatic imine (C=N–C) groups is 1. The molecule has 0 saturated carbocycles. The number of fused-ring (bicyclic) bond motifs is 1. The van der Waals surface area contributed by atoms with E-state index in [1.807, 2.05) is 6.07 Å². The third kappa shape index (κ3) is 4.22. The molecule has 2 aromatic carbocycles. The number of nitrogens with two attached hydrogens (primary N) is 1. The van der Waals surface area contributed by atoms with Crippen LogP contribution >= 0.6 is 0 Å². The maximum atomic E-state index is 13.0. The van der Waals surface area contributed by atoms with E-state index in [1.165, 1.54) is 29.7 Å². The Labute approximate surface area is 135 Å². The quantitative estimate of drug-likeness (QED) is 0.506. The molecule has 0 unspecified atom stereocenters. The lowest BCUT2D eigenvalue weighted by Crippen LogP contribution is -2.23. The van der Waals surface area contributed by atoms with Crippen molar-refractivity contribution in [2.75, 3.05) is 18.5 Å². The molecule has 0 aliphatic heterocycles. The van der Waals surface area contributed by atoms with Crippen LogP contribution in [-0.2, 0) is 12.8 Å². The highest BCUT2D eigenvalue weighted by molar-refractivity contribution is 5.92. The largest absolute Gasteiger partial charge is 0.492 e. The SMILES string of the molecule is NC(=NCCOc1cccc(F)c1)Nc1ccc2c(c1)CCC2. The Morgan fingerprint density at radius 1 is 1.17 bits per heavy atom. The fourth-order valence-electron chi connectivity index (χ4n) is 2.72. The van der Waals surface area contributed by atoms with Crippen molar-refractivity contribution in [3.8, 4) is 5.75 Å². The van der Waals surface area contributed by atoms with Crippen LogP contribution in [0.2, 0.25) is 0 Å². The third-order valence-electron chi connectivity index (χ3n) is 3.81. The lowest BCUT2D eigenvalue weighted by molar-refractivity contribution is 0.327. The molecule has 5 heteroatoms. The Balaban J connectivity index is 1.48. The second-order valence-corrected chi connectivity index (χ2v) is 5.53. The molecule has 3 rings (SSSR count). The van der Waals surface area contributed by atoms with Gasteiger partial charge in [-0.05, 0) is 54.7 Å². The zero-order valence-corrected chi connectivity index (χ0v) is 12.9. The molecule has 0 aromatic heterocycles. The molecule has 0 radical (unpaired) electrons. The Hall–Kier alpha value is -2.56. The monoisotopic (exact) mass is 313 g/mol. The van der Waals surface area contributed by atoms with Gasteiger partial charge in [0.1, 0.15) is 18.2 Å². The normalized spacial score (nSPS) is 13.7. The van der Waals surface area contributed by atoms with Gasteiger partial charge >= 0.3 is 0 Å². The van der Waals surface area contributed by atoms with Crippen LogP contribution < -0.4 is 15.8 Å². The van der Waals surface area contributed by atoms with Crippen LogP contribution in [0.25, 0.3) is 0 Å². The first kappa shape index (κ1) is 15.3. The Bertz CT molecular complexity index is 715. The number of halogens is 1. The highest BCUT2D eigenvalue weighted by atomic mass is 19.1. The van der Waals surface area contributed by atoms with Crippen LogP contribution in [-0.4, -0.2) is 19.1 Å². The van der Waals surface area contributed by atoms with Gasteiger partial charge in [-0.25, -0.2) is 9.38 Å². The predicted octanol–water partition coefficient (Wildman–Crippen LogP) is 3.12. The van der Waals surface area contributed by atoms with E-state index in [2.05, 4.69) is 22.4 Å². The van der Waals surface area contributed by atoms with Crippen molar-refractivity contribution in [2.45, 2.75) is 19.3 Å². The van der Waals surface area contributed by atoms with E-state index in [1.54, 1.807) is 12.1 Å². The second-order valence-electron chi connectivity index (χ2n) is 5.53. The van der Waals surface area contributed by atoms with Gasteiger partial charge in [-0.15, -0.1) is 0 Å². The first-order valence-electron chi connectivity index (χ1n) is 7.78. The highest BCUT2D eigenvalue weighted by Gasteiger charge is 2.10. The van der Waals surface area contributed by atoms with Crippen LogP contribution in [0.3, 0.4) is 0 Å². The topological polar surface area (TPSA) is 59.6 Å². The van der Waals surface area contributed by atoms with Gasteiger partial charge in [-0.2, -0.15) is 0 Å². The van der Waals surface area contributed by atoms with Crippen molar-refractivity contribution in [3.63, 3.8) is 0 Å². The molecule has 0 bridgehead atoms. The van der Waals surface area contributed by atoms with Crippen LogP contribution in [0.4, 0.5) is 10.1 Å². The first-order valence-corrected chi connectivity index (χ1v) is 7.78. The summed E-state index contributed by atoms with van der Waals surface area (Å²) < 4.78 is 18.4. The number of aryl methyl sites for hydroxylation is 2. The summed E-state index contributed by atoms with van der Waals surface area (Å²) in [6.07, 6.45) is 3.51. The van der Waals surface area contributed by atoms with E-state index < -0.39 is 0 Å². The zero-order valence-electron chi connectivity index (χ0n) is 12.9. The lowest BCUT2D eigenvalue weighted by atomic mass is 10.1. The highest BCUT2D eigenvalue weighted by Crippen LogP contribution is 2.24. The van der Waals surface area contributed by atoms with E-state index in [9.17, 15) is 4.39 Å². The molecule has 1 aliphatic carbocycles. The number of guanidine groups is 1. The van der Waals surface area contributed by atoms with Crippen molar-refractivity contribution in [1.82, 2.24) is 0 Å². The molecular formula is C18H20FN3O. The first-order chi connectivity index (χ1) is 11.2. The van der Waals surface area contributed by atoms with Crippen molar-refractivity contribution in [2.24, 2.45) is 10.7 Å². The minimum absolute atomic E-state index is 0.316. The van der Waals surface area contributed by atoms with Gasteiger partial charge in [-0.1, -0.05) is 12.1 Å². The lowest BCUT2D eigenvalue weighted by Gasteiger charge is -2.08. The number of ether oxygens (including phenoxy) is 1. The van der Waals surface area contributed by atoms with Gasteiger partial charge in [-0.3, -0.25) is 0 Å². The van der Waals surface area contributed by atoms with Gasteiger partial charge < -0.3 is 15.8 Å². The van der Waals surface area contributed by atoms with E-state index in [0.717, 1.165) is 18.5 Å². The Morgan fingerprint density at radius 2 is 2.04 bits per heavy atom. The van der Waals surface area contributed by atoms with Gasteiger partial charge in [0.25, 0.3) is 0 Å². The summed E-state index contributed by atoms with van der Waals surface area (Å²) in [5.74, 6) is 0.528. The summed E-state index contributed by atoms with van der Waals surface area (Å²) in [4.78, 5) is 4.22. The number of nitrogens with one attached hydrogen (secondary N) is 1. The summed E-state index contributed by atoms with van der Waals surface area (Å²) in [6, 6.07) is 12.3. The molecule has 2 aromatic rings. The summed E-state index contributed by atoms with van der Waals surface area (Å²) in [5.41, 5.74) is 9.65. The van der Waals surface area contributed by atoms with Gasteiger partial charge in [0.15, 0.2) is 5.96 Å². The zero-order chi connectivity index (χ0) is 16.1. The van der Waals surface area contributed by atoms with E-state index in [-0.39, 0.29) is 5.82 Å². The summed E-state index contributed by atoms with van der Waals surface area (Å²) in [7, 11) is 0. The van der Waals surface area contributed by atoms with E-state index >= 15 is 0 Å². The third-order valence-corrected chi connectivity index (χ3v) is 3.81. The fourth-order valence-corrected chi connectivity index (χ4v) is 2.72. The number of hydrogen-bond donors (Lipinski definition) is 2. The number of hydrogen-bond acceptors (Lipinski definition) is 2. The van der Waals surface area contributed by atoms with Crippen molar-refractivity contribution in [1.29, 1.82) is 0 Å². The maximum absolute atomic E-state index is 13.0. The molecular weight excluding hydrogens is 293 g/mol. The standard InChI is InChI=1S/C18H20FN3O/c19-15-5-2-6-17(12-15)23-10-9-21-18(20)22-16-8-7-13-3-1-4-14(13)11-16/h2,5-8,11-12H,1,3-4,9-10H2,(H3,20,21,22). The number of rotatable bonds is 5. The minimum Gasteiger partial charge on any atom is -0.492 e. The summed E-state index contributed by atoms with van der Waals surface area (Å²) in [6.45, 7) is 0.746. The average Bonchev–Trinajstić information content (AvgIpc) is 2.99. The molecule has 0 heterocycles. The number of benzene rings is 2. The fraction of sp³-hybridized carbons (Fsp3) is 0.278. The summed E-state index contributed by atoms with van der Waals surface area (Å²) in [5, 5.41) is 3.09. The molecule has 1 aliphatic rings. The Kier molecular flexibility index (Phi) is 4.76. The van der Waals surface area contributed by atoms with Crippen LogP contribution in [0, 0.1) is 5.82 Å². The number of nitrogens with zero attached hydrogens (tertiary/aromatic N) is 1. The van der Waals surface area contributed by atoms with Gasteiger partial charge in [0, 0.05) is 11.8 Å². The molecule has 0 fully saturated rings. The van der Waals surface area contributed by atoms with Crippen molar-refractivity contribution >= 4 is 11.6 Å². The van der Waals surface area contributed by atoms with Crippen molar-refractivity contribution < 1.29 is 9.13 Å².